The van der Waals surface area contributed by atoms with Crippen LogP contribution in [0, 0.1) is 0 Å². The van der Waals surface area contributed by atoms with E-state index in [9.17, 15) is 0 Å². The van der Waals surface area contributed by atoms with Crippen LogP contribution < -0.4 is 10.6 Å². The van der Waals surface area contributed by atoms with Gasteiger partial charge >= 0.3 is 0 Å². The van der Waals surface area contributed by atoms with Crippen LogP contribution in [0.2, 0.25) is 0 Å². The second-order valence-electron chi connectivity index (χ2n) is 4.29. The number of aliphatic imine (C=N–C) groups is 1. The second kappa shape index (κ2) is 5.67. The number of allylic oxidation sites excluding steroid dienone is 1. The molecule has 0 atom stereocenters. The van der Waals surface area contributed by atoms with Crippen LogP contribution in [0.1, 0.15) is 39.3 Å². The first-order valence-corrected chi connectivity index (χ1v) is 6.05. The lowest BCUT2D eigenvalue weighted by molar-refractivity contribution is 0.850. The molecule has 1 heterocycles. The zero-order chi connectivity index (χ0) is 13.0. The van der Waals surface area contributed by atoms with Crippen molar-refractivity contribution in [1.82, 2.24) is 4.57 Å². The SMILES string of the molecule is C=C(CCC)c1cc(=C)/c(=C(/C)N=CC)n1C. The third-order valence-electron chi connectivity index (χ3n) is 2.89. The normalized spacial score (nSPS) is 13.2. The molecule has 0 unspecified atom stereocenters. The molecule has 0 aliphatic heterocycles. The molecule has 0 aromatic carbocycles. The molecule has 0 saturated carbocycles. The first kappa shape index (κ1) is 13.5. The van der Waals surface area contributed by atoms with Crippen LogP contribution in [0.3, 0.4) is 0 Å². The smallest absolute Gasteiger partial charge is 0.0692 e. The molecule has 0 saturated heterocycles. The van der Waals surface area contributed by atoms with Crippen molar-refractivity contribution in [3.8, 4) is 0 Å². The quantitative estimate of drug-likeness (QED) is 0.707. The van der Waals surface area contributed by atoms with E-state index in [4.69, 9.17) is 0 Å². The fourth-order valence-electron chi connectivity index (χ4n) is 2.17. The van der Waals surface area contributed by atoms with E-state index < -0.39 is 0 Å². The predicted octanol–water partition coefficient (Wildman–Crippen LogP) is 2.47. The number of nitrogens with zero attached hydrogens (tertiary/aromatic N) is 2. The van der Waals surface area contributed by atoms with Gasteiger partial charge in [-0.25, -0.2) is 0 Å². The molecule has 0 N–H and O–H groups in total. The van der Waals surface area contributed by atoms with Crippen LogP contribution in [0.4, 0.5) is 0 Å². The van der Waals surface area contributed by atoms with Crippen LogP contribution >= 0.6 is 0 Å². The number of hydrogen-bond donors (Lipinski definition) is 0. The van der Waals surface area contributed by atoms with Crippen molar-refractivity contribution in [1.29, 1.82) is 0 Å². The lowest BCUT2D eigenvalue weighted by atomic mass is 10.1. The Morgan fingerprint density at radius 1 is 1.53 bits per heavy atom. The Labute approximate surface area is 104 Å². The van der Waals surface area contributed by atoms with Crippen molar-refractivity contribution in [2.45, 2.75) is 33.6 Å². The summed E-state index contributed by atoms with van der Waals surface area (Å²) in [5.41, 5.74) is 3.33. The Kier molecular flexibility index (Phi) is 4.50. The third kappa shape index (κ3) is 2.76. The summed E-state index contributed by atoms with van der Waals surface area (Å²) < 4.78 is 2.14. The standard InChI is InChI=1S/C15H22N2/c1-7-9-11(3)14-10-12(4)15(17(14)6)13(5)16-8-2/h8,10H,3-4,7,9H2,1-2,5-6H3/b15-13+,16-8?. The van der Waals surface area contributed by atoms with E-state index in [0.29, 0.717) is 0 Å². The van der Waals surface area contributed by atoms with Gasteiger partial charge in [0.1, 0.15) is 0 Å². The lowest BCUT2D eigenvalue weighted by Crippen LogP contribution is -2.28. The maximum Gasteiger partial charge on any atom is 0.0692 e. The Morgan fingerprint density at radius 2 is 2.18 bits per heavy atom. The summed E-state index contributed by atoms with van der Waals surface area (Å²) in [6, 6.07) is 2.10. The minimum absolute atomic E-state index is 0.996. The van der Waals surface area contributed by atoms with Crippen molar-refractivity contribution >= 4 is 24.1 Å². The summed E-state index contributed by atoms with van der Waals surface area (Å²) in [6.07, 6.45) is 3.94. The Hall–Kier alpha value is -1.57. The topological polar surface area (TPSA) is 17.3 Å². The van der Waals surface area contributed by atoms with Gasteiger partial charge in [-0.1, -0.05) is 26.5 Å². The molecule has 1 aromatic rings. The number of hydrogen-bond acceptors (Lipinski definition) is 1. The molecule has 0 radical (unpaired) electrons. The molecule has 0 spiro atoms. The van der Waals surface area contributed by atoms with E-state index >= 15 is 0 Å². The Balaban J connectivity index is 3.44. The van der Waals surface area contributed by atoms with Gasteiger partial charge in [0, 0.05) is 19.0 Å². The highest BCUT2D eigenvalue weighted by molar-refractivity contribution is 5.64. The molecule has 0 amide bonds. The van der Waals surface area contributed by atoms with Crippen molar-refractivity contribution in [2.24, 2.45) is 12.0 Å². The van der Waals surface area contributed by atoms with Crippen LogP contribution in [-0.4, -0.2) is 10.8 Å². The zero-order valence-electron chi connectivity index (χ0n) is 11.4. The van der Waals surface area contributed by atoms with Crippen molar-refractivity contribution in [3.63, 3.8) is 0 Å². The first-order chi connectivity index (χ1) is 8.02. The highest BCUT2D eigenvalue weighted by Crippen LogP contribution is 2.14. The summed E-state index contributed by atoms with van der Waals surface area (Å²) in [7, 11) is 2.05. The van der Waals surface area contributed by atoms with E-state index in [1.165, 1.54) is 5.57 Å². The number of aromatic nitrogens is 1. The van der Waals surface area contributed by atoms with Crippen LogP contribution in [0.5, 0.6) is 0 Å². The maximum atomic E-state index is 4.34. The minimum Gasteiger partial charge on any atom is -0.342 e. The van der Waals surface area contributed by atoms with Crippen molar-refractivity contribution in [2.75, 3.05) is 0 Å². The van der Waals surface area contributed by atoms with Gasteiger partial charge in [0.25, 0.3) is 0 Å². The first-order valence-electron chi connectivity index (χ1n) is 6.05. The van der Waals surface area contributed by atoms with Gasteiger partial charge in [-0.05, 0) is 37.1 Å². The fraction of sp³-hybridized carbons (Fsp3) is 0.400. The van der Waals surface area contributed by atoms with Gasteiger partial charge in [0.05, 0.1) is 11.0 Å². The molecule has 0 fully saturated rings. The van der Waals surface area contributed by atoms with E-state index in [0.717, 1.165) is 34.8 Å². The van der Waals surface area contributed by atoms with Gasteiger partial charge in [0.2, 0.25) is 0 Å². The Morgan fingerprint density at radius 3 is 2.71 bits per heavy atom. The highest BCUT2D eigenvalue weighted by atomic mass is 15.0. The molecule has 1 aromatic heterocycles. The maximum absolute atomic E-state index is 4.34. The zero-order valence-corrected chi connectivity index (χ0v) is 11.4. The fourth-order valence-corrected chi connectivity index (χ4v) is 2.17. The van der Waals surface area contributed by atoms with Gasteiger partial charge < -0.3 is 4.57 Å². The monoisotopic (exact) mass is 230 g/mol. The van der Waals surface area contributed by atoms with Gasteiger partial charge in [-0.3, -0.25) is 4.99 Å². The minimum atomic E-state index is 0.996. The lowest BCUT2D eigenvalue weighted by Gasteiger charge is -2.06. The molecular weight excluding hydrogens is 208 g/mol. The van der Waals surface area contributed by atoms with Crippen molar-refractivity contribution < 1.29 is 0 Å². The van der Waals surface area contributed by atoms with Crippen LogP contribution in [-0.2, 0) is 7.05 Å². The second-order valence-corrected chi connectivity index (χ2v) is 4.29. The molecule has 1 rings (SSSR count). The van der Waals surface area contributed by atoms with E-state index in [2.05, 4.69) is 42.8 Å². The van der Waals surface area contributed by atoms with Crippen LogP contribution in [0.15, 0.2) is 17.6 Å². The van der Waals surface area contributed by atoms with Gasteiger partial charge in [-0.2, -0.15) is 0 Å². The summed E-state index contributed by atoms with van der Waals surface area (Å²) in [4.78, 5) is 4.34. The molecule has 0 aliphatic carbocycles. The average molecular weight is 230 g/mol. The summed E-state index contributed by atoms with van der Waals surface area (Å²) in [5, 5.41) is 2.11. The van der Waals surface area contributed by atoms with Crippen LogP contribution in [0.25, 0.3) is 17.8 Å². The Bertz CT molecular complexity index is 544. The summed E-state index contributed by atoms with van der Waals surface area (Å²) in [6.45, 7) is 14.3. The number of rotatable bonds is 4. The average Bonchev–Trinajstić information content (AvgIpc) is 2.55. The molecule has 0 aliphatic rings. The van der Waals surface area contributed by atoms with E-state index in [-0.39, 0.29) is 0 Å². The predicted molar refractivity (Wildman–Crippen MR) is 77.4 cm³/mol. The van der Waals surface area contributed by atoms with E-state index in [1.54, 1.807) is 0 Å². The molecule has 0 bridgehead atoms. The largest absolute Gasteiger partial charge is 0.342 e. The van der Waals surface area contributed by atoms with Crippen molar-refractivity contribution in [3.05, 3.63) is 28.9 Å². The molecule has 2 nitrogen and oxygen atoms in total. The summed E-state index contributed by atoms with van der Waals surface area (Å²) >= 11 is 0. The third-order valence-corrected chi connectivity index (χ3v) is 2.89. The molecule has 92 valence electrons. The highest BCUT2D eigenvalue weighted by Gasteiger charge is 2.06. The molecule has 17 heavy (non-hydrogen) atoms. The molecule has 2 heteroatoms. The van der Waals surface area contributed by atoms with E-state index in [1.807, 2.05) is 20.1 Å². The summed E-state index contributed by atoms with van der Waals surface area (Å²) in [5.74, 6) is 0. The van der Waals surface area contributed by atoms with Gasteiger partial charge in [0.15, 0.2) is 0 Å². The molecular formula is C15H22N2. The van der Waals surface area contributed by atoms with Gasteiger partial charge in [-0.15, -0.1) is 0 Å².